The molecule has 7 heteroatoms. The first-order valence-corrected chi connectivity index (χ1v) is 6.68. The maximum atomic E-state index is 11.6. The Bertz CT molecular complexity index is 451. The monoisotopic (exact) mass is 351 g/mol. The molecule has 1 amide bonds. The zero-order valence-electron chi connectivity index (χ0n) is 10.3. The molecule has 0 aliphatic carbocycles. The number of hydrogen-bond acceptors (Lipinski definition) is 4. The van der Waals surface area contributed by atoms with Crippen molar-refractivity contribution in [2.75, 3.05) is 19.8 Å². The molecule has 0 bridgehead atoms. The molecule has 106 valence electrons. The Labute approximate surface area is 124 Å². The topological polar surface area (TPSA) is 78.8 Å². The van der Waals surface area contributed by atoms with Gasteiger partial charge in [-0.3, -0.25) is 4.79 Å². The zero-order valence-corrected chi connectivity index (χ0v) is 12.7. The number of nitrogens with one attached hydrogen (secondary N) is 1. The Kier molecular flexibility index (Phi) is 6.06. The lowest BCUT2D eigenvalue weighted by molar-refractivity contribution is -0.126. The summed E-state index contributed by atoms with van der Waals surface area (Å²) in [4.78, 5) is 11.6. The van der Waals surface area contributed by atoms with Crippen LogP contribution >= 0.6 is 27.5 Å². The van der Waals surface area contributed by atoms with Crippen LogP contribution in [0.25, 0.3) is 0 Å². The van der Waals surface area contributed by atoms with Crippen molar-refractivity contribution in [3.05, 3.63) is 27.7 Å². The summed E-state index contributed by atoms with van der Waals surface area (Å²) in [6.45, 7) is 0.539. The zero-order chi connectivity index (χ0) is 14.5. The lowest BCUT2D eigenvalue weighted by atomic mass is 10.1. The molecular weight excluding hydrogens is 337 g/mol. The van der Waals surface area contributed by atoms with Gasteiger partial charge in [0.05, 0.1) is 23.8 Å². The molecule has 19 heavy (non-hydrogen) atoms. The highest BCUT2D eigenvalue weighted by Crippen LogP contribution is 2.27. The third kappa shape index (κ3) is 4.99. The number of carbonyl (C=O) groups is 1. The van der Waals surface area contributed by atoms with Gasteiger partial charge in [-0.15, -0.1) is 0 Å². The van der Waals surface area contributed by atoms with Crippen LogP contribution in [0.15, 0.2) is 22.7 Å². The summed E-state index contributed by atoms with van der Waals surface area (Å²) in [6, 6.07) is 5.03. The molecule has 1 aromatic rings. The predicted molar refractivity (Wildman–Crippen MR) is 75.4 cm³/mol. The number of carbonyl (C=O) groups excluding carboxylic acids is 1. The van der Waals surface area contributed by atoms with E-state index in [2.05, 4.69) is 21.2 Å². The molecule has 0 aliphatic heterocycles. The summed E-state index contributed by atoms with van der Waals surface area (Å²) in [5.41, 5.74) is -1.07. The van der Waals surface area contributed by atoms with Crippen LogP contribution in [0, 0.1) is 0 Å². The molecule has 0 saturated heterocycles. The van der Waals surface area contributed by atoms with Crippen LogP contribution in [-0.2, 0) is 4.79 Å². The molecular formula is C12H15BrClNO4. The molecule has 0 radical (unpaired) electrons. The van der Waals surface area contributed by atoms with Crippen LogP contribution in [-0.4, -0.2) is 41.5 Å². The lowest BCUT2D eigenvalue weighted by Crippen LogP contribution is -2.53. The number of amides is 1. The van der Waals surface area contributed by atoms with Crippen LogP contribution in [0.5, 0.6) is 5.75 Å². The van der Waals surface area contributed by atoms with Gasteiger partial charge in [0, 0.05) is 4.47 Å². The highest BCUT2D eigenvalue weighted by molar-refractivity contribution is 9.10. The fourth-order valence-corrected chi connectivity index (χ4v) is 1.97. The van der Waals surface area contributed by atoms with Gasteiger partial charge in [-0.2, -0.15) is 0 Å². The summed E-state index contributed by atoms with van der Waals surface area (Å²) >= 11 is 9.19. The van der Waals surface area contributed by atoms with Crippen LogP contribution < -0.4 is 10.1 Å². The minimum absolute atomic E-state index is 0.253. The van der Waals surface area contributed by atoms with Crippen molar-refractivity contribution in [2.24, 2.45) is 0 Å². The van der Waals surface area contributed by atoms with Crippen molar-refractivity contribution in [3.8, 4) is 5.75 Å². The highest BCUT2D eigenvalue weighted by Gasteiger charge is 2.24. The van der Waals surface area contributed by atoms with E-state index in [-0.39, 0.29) is 19.8 Å². The van der Waals surface area contributed by atoms with Crippen LogP contribution in [0.1, 0.15) is 6.92 Å². The largest absolute Gasteiger partial charge is 0.482 e. The van der Waals surface area contributed by atoms with Crippen LogP contribution in [0.4, 0.5) is 0 Å². The van der Waals surface area contributed by atoms with Crippen molar-refractivity contribution in [3.63, 3.8) is 0 Å². The number of aliphatic hydroxyl groups excluding tert-OH is 2. The maximum absolute atomic E-state index is 11.6. The number of halogens is 2. The van der Waals surface area contributed by atoms with Gasteiger partial charge in [-0.1, -0.05) is 27.5 Å². The Morgan fingerprint density at radius 3 is 2.63 bits per heavy atom. The van der Waals surface area contributed by atoms with Gasteiger partial charge in [0.2, 0.25) is 0 Å². The molecule has 0 aromatic heterocycles. The Hall–Kier alpha value is -0.820. The minimum atomic E-state index is -1.07. The maximum Gasteiger partial charge on any atom is 0.258 e. The third-order valence-corrected chi connectivity index (χ3v) is 3.18. The van der Waals surface area contributed by atoms with Gasteiger partial charge in [-0.05, 0) is 25.1 Å². The first kappa shape index (κ1) is 16.2. The summed E-state index contributed by atoms with van der Waals surface area (Å²) in [5.74, 6) is -0.0701. The van der Waals surface area contributed by atoms with E-state index in [1.807, 2.05) is 0 Å². The second-order valence-electron chi connectivity index (χ2n) is 4.29. The summed E-state index contributed by atoms with van der Waals surface area (Å²) < 4.78 is 6.07. The number of rotatable bonds is 6. The predicted octanol–water partition coefficient (Wildman–Crippen LogP) is 1.34. The van der Waals surface area contributed by atoms with E-state index >= 15 is 0 Å². The molecule has 5 nitrogen and oxygen atoms in total. The average Bonchev–Trinajstić information content (AvgIpc) is 2.37. The first-order valence-electron chi connectivity index (χ1n) is 5.51. The average molecular weight is 353 g/mol. The summed E-state index contributed by atoms with van der Waals surface area (Å²) in [6.07, 6.45) is 0. The van der Waals surface area contributed by atoms with Crippen LogP contribution in [0.3, 0.4) is 0 Å². The van der Waals surface area contributed by atoms with E-state index in [4.69, 9.17) is 26.6 Å². The molecule has 0 heterocycles. The van der Waals surface area contributed by atoms with Crippen LogP contribution in [0.2, 0.25) is 5.02 Å². The van der Waals surface area contributed by atoms with Crippen molar-refractivity contribution in [2.45, 2.75) is 12.5 Å². The Morgan fingerprint density at radius 2 is 2.11 bits per heavy atom. The standard InChI is InChI=1S/C12H15BrClNO4/c1-12(6-16,7-17)15-11(18)5-19-10-3-2-8(13)4-9(10)14/h2-4,16-17H,5-7H2,1H3,(H,15,18). The summed E-state index contributed by atoms with van der Waals surface area (Å²) in [5, 5.41) is 21.0. The fraction of sp³-hybridized carbons (Fsp3) is 0.417. The number of hydrogen-bond donors (Lipinski definition) is 3. The Morgan fingerprint density at radius 1 is 1.47 bits per heavy atom. The quantitative estimate of drug-likeness (QED) is 0.722. The Balaban J connectivity index is 2.55. The smallest absolute Gasteiger partial charge is 0.258 e. The number of benzene rings is 1. The molecule has 0 fully saturated rings. The van der Waals surface area contributed by atoms with Gasteiger partial charge in [-0.25, -0.2) is 0 Å². The molecule has 0 spiro atoms. The van der Waals surface area contributed by atoms with Gasteiger partial charge >= 0.3 is 0 Å². The third-order valence-electron chi connectivity index (χ3n) is 2.39. The second-order valence-corrected chi connectivity index (χ2v) is 5.61. The molecule has 0 saturated carbocycles. The van der Waals surface area contributed by atoms with Crippen molar-refractivity contribution in [1.82, 2.24) is 5.32 Å². The van der Waals surface area contributed by atoms with E-state index < -0.39 is 11.4 Å². The lowest BCUT2D eigenvalue weighted by Gasteiger charge is -2.26. The van der Waals surface area contributed by atoms with E-state index in [0.29, 0.717) is 10.8 Å². The van der Waals surface area contributed by atoms with Crippen molar-refractivity contribution in [1.29, 1.82) is 0 Å². The van der Waals surface area contributed by atoms with Gasteiger partial charge in [0.1, 0.15) is 5.75 Å². The van der Waals surface area contributed by atoms with Gasteiger partial charge < -0.3 is 20.3 Å². The van der Waals surface area contributed by atoms with Gasteiger partial charge in [0.15, 0.2) is 6.61 Å². The normalized spacial score (nSPS) is 11.2. The molecule has 1 rings (SSSR count). The minimum Gasteiger partial charge on any atom is -0.482 e. The first-order chi connectivity index (χ1) is 8.90. The molecule has 0 unspecified atom stereocenters. The van der Waals surface area contributed by atoms with E-state index in [9.17, 15) is 4.79 Å². The molecule has 0 atom stereocenters. The fourth-order valence-electron chi connectivity index (χ4n) is 1.24. The second kappa shape index (κ2) is 7.09. The van der Waals surface area contributed by atoms with Crippen molar-refractivity contribution >= 4 is 33.4 Å². The van der Waals surface area contributed by atoms with E-state index in [0.717, 1.165) is 4.47 Å². The van der Waals surface area contributed by atoms with E-state index in [1.165, 1.54) is 6.92 Å². The molecule has 1 aromatic carbocycles. The molecule has 0 aliphatic rings. The molecule has 3 N–H and O–H groups in total. The number of aliphatic hydroxyl groups is 2. The van der Waals surface area contributed by atoms with E-state index in [1.54, 1.807) is 18.2 Å². The SMILES string of the molecule is CC(CO)(CO)NC(=O)COc1ccc(Br)cc1Cl. The number of ether oxygens (including phenoxy) is 1. The summed E-state index contributed by atoms with van der Waals surface area (Å²) in [7, 11) is 0. The highest BCUT2D eigenvalue weighted by atomic mass is 79.9. The van der Waals surface area contributed by atoms with Gasteiger partial charge in [0.25, 0.3) is 5.91 Å². The van der Waals surface area contributed by atoms with Crippen molar-refractivity contribution < 1.29 is 19.7 Å².